The molecule has 1 aliphatic heterocycles. The summed E-state index contributed by atoms with van der Waals surface area (Å²) in [6.45, 7) is 0.681. The van der Waals surface area contributed by atoms with E-state index in [2.05, 4.69) is 15.3 Å². The summed E-state index contributed by atoms with van der Waals surface area (Å²) in [5, 5.41) is 11.3. The summed E-state index contributed by atoms with van der Waals surface area (Å²) in [4.78, 5) is 14.0. The zero-order valence-corrected chi connectivity index (χ0v) is 15.4. The minimum Gasteiger partial charge on any atom is -0.497 e. The van der Waals surface area contributed by atoms with Gasteiger partial charge in [0.1, 0.15) is 11.6 Å². The van der Waals surface area contributed by atoms with Crippen molar-refractivity contribution in [2.75, 3.05) is 13.7 Å². The van der Waals surface area contributed by atoms with E-state index in [1.807, 2.05) is 12.1 Å². The zero-order chi connectivity index (χ0) is 20.6. The van der Waals surface area contributed by atoms with Crippen LogP contribution in [0.5, 0.6) is 5.75 Å². The normalized spacial score (nSPS) is 14.6. The molecule has 1 aromatic carbocycles. The molecule has 0 saturated carbocycles. The van der Waals surface area contributed by atoms with E-state index in [-0.39, 0.29) is 31.1 Å². The second-order valence-corrected chi connectivity index (χ2v) is 6.57. The Hall–Kier alpha value is -3.21. The van der Waals surface area contributed by atoms with Crippen LogP contribution in [-0.2, 0) is 25.9 Å². The van der Waals surface area contributed by atoms with Gasteiger partial charge in [-0.2, -0.15) is 18.3 Å². The van der Waals surface area contributed by atoms with Gasteiger partial charge < -0.3 is 9.30 Å². The first-order valence-electron chi connectivity index (χ1n) is 8.79. The number of nitrogens with zero attached hydrogens (tertiary/aromatic N) is 6. The molecule has 0 atom stereocenters. The van der Waals surface area contributed by atoms with Crippen molar-refractivity contribution in [1.82, 2.24) is 29.4 Å². The number of hydrogen-bond donors (Lipinski definition) is 0. The number of fused-ring (bicyclic) bond motifs is 1. The van der Waals surface area contributed by atoms with E-state index in [1.165, 1.54) is 10.7 Å². The fourth-order valence-electron chi connectivity index (χ4n) is 3.19. The molecule has 152 valence electrons. The smallest absolute Gasteiger partial charge is 0.451 e. The number of alkyl halides is 3. The van der Waals surface area contributed by atoms with Gasteiger partial charge >= 0.3 is 6.18 Å². The van der Waals surface area contributed by atoms with Crippen molar-refractivity contribution in [2.24, 2.45) is 0 Å². The van der Waals surface area contributed by atoms with Crippen LogP contribution in [0, 0.1) is 0 Å². The van der Waals surface area contributed by atoms with E-state index in [9.17, 15) is 18.0 Å². The molecule has 8 nitrogen and oxygen atoms in total. The van der Waals surface area contributed by atoms with Crippen molar-refractivity contribution < 1.29 is 17.9 Å². The molecule has 0 bridgehead atoms. The van der Waals surface area contributed by atoms with Crippen molar-refractivity contribution in [3.05, 3.63) is 58.4 Å². The van der Waals surface area contributed by atoms with Gasteiger partial charge in [-0.1, -0.05) is 0 Å². The van der Waals surface area contributed by atoms with Gasteiger partial charge in [-0.15, -0.1) is 10.2 Å². The lowest BCUT2D eigenvalue weighted by atomic mass is 10.1. The van der Waals surface area contributed by atoms with Gasteiger partial charge in [0, 0.05) is 24.7 Å². The first-order chi connectivity index (χ1) is 13.8. The highest BCUT2D eigenvalue weighted by molar-refractivity contribution is 5.59. The second kappa shape index (κ2) is 7.32. The summed E-state index contributed by atoms with van der Waals surface area (Å²) in [5.41, 5.74) is 1.12. The Bertz CT molecular complexity index is 1070. The predicted molar refractivity (Wildman–Crippen MR) is 95.9 cm³/mol. The molecule has 0 saturated heterocycles. The van der Waals surface area contributed by atoms with Crippen LogP contribution >= 0.6 is 0 Å². The van der Waals surface area contributed by atoms with E-state index < -0.39 is 12.0 Å². The van der Waals surface area contributed by atoms with Crippen molar-refractivity contribution in [3.63, 3.8) is 0 Å². The van der Waals surface area contributed by atoms with Gasteiger partial charge in [0.25, 0.3) is 5.56 Å². The highest BCUT2D eigenvalue weighted by atomic mass is 19.4. The molecule has 3 aromatic rings. The number of halogens is 3. The third-order valence-corrected chi connectivity index (χ3v) is 4.67. The highest BCUT2D eigenvalue weighted by Crippen LogP contribution is 2.29. The average Bonchev–Trinajstić information content (AvgIpc) is 3.13. The summed E-state index contributed by atoms with van der Waals surface area (Å²) in [6, 6.07) is 10.3. The zero-order valence-electron chi connectivity index (χ0n) is 15.4. The molecule has 0 unspecified atom stereocenters. The molecule has 0 aliphatic carbocycles. The van der Waals surface area contributed by atoms with Crippen LogP contribution in [0.3, 0.4) is 0 Å². The molecule has 2 aromatic heterocycles. The molecule has 11 heteroatoms. The Kier molecular flexibility index (Phi) is 4.82. The Labute approximate surface area is 163 Å². The SMILES string of the molecule is COc1ccc(-c2ccc(=O)n(CN3CCn4c(nnc4C(F)(F)F)C3)n2)cc1. The van der Waals surface area contributed by atoms with Gasteiger partial charge in [0.2, 0.25) is 5.82 Å². The maximum Gasteiger partial charge on any atom is 0.451 e. The summed E-state index contributed by atoms with van der Waals surface area (Å²) in [6.07, 6.45) is -4.54. The molecule has 3 heterocycles. The molecular weight excluding hydrogens is 389 g/mol. The quantitative estimate of drug-likeness (QED) is 0.660. The highest BCUT2D eigenvalue weighted by Gasteiger charge is 2.39. The molecule has 0 spiro atoms. The van der Waals surface area contributed by atoms with Crippen LogP contribution in [0.2, 0.25) is 0 Å². The third-order valence-electron chi connectivity index (χ3n) is 4.67. The van der Waals surface area contributed by atoms with Crippen molar-refractivity contribution in [3.8, 4) is 17.0 Å². The van der Waals surface area contributed by atoms with Gasteiger partial charge in [-0.3, -0.25) is 9.69 Å². The molecule has 0 N–H and O–H groups in total. The number of aromatic nitrogens is 5. The summed E-state index contributed by atoms with van der Waals surface area (Å²) >= 11 is 0. The number of methoxy groups -OCH3 is 1. The van der Waals surface area contributed by atoms with Crippen LogP contribution in [0.25, 0.3) is 11.3 Å². The lowest BCUT2D eigenvalue weighted by molar-refractivity contribution is -0.148. The van der Waals surface area contributed by atoms with Crippen molar-refractivity contribution >= 4 is 0 Å². The molecule has 0 fully saturated rings. The number of ether oxygens (including phenoxy) is 1. The number of benzene rings is 1. The monoisotopic (exact) mass is 406 g/mol. The summed E-state index contributed by atoms with van der Waals surface area (Å²) in [5.74, 6) is -0.0791. The van der Waals surface area contributed by atoms with Crippen LogP contribution in [0.15, 0.2) is 41.2 Å². The van der Waals surface area contributed by atoms with Crippen LogP contribution in [-0.4, -0.2) is 43.1 Å². The average molecular weight is 406 g/mol. The Morgan fingerprint density at radius 3 is 2.52 bits per heavy atom. The van der Waals surface area contributed by atoms with Crippen molar-refractivity contribution in [2.45, 2.75) is 25.9 Å². The van der Waals surface area contributed by atoms with Gasteiger partial charge in [0.15, 0.2) is 0 Å². The maximum absolute atomic E-state index is 13.0. The first kappa shape index (κ1) is 19.1. The maximum atomic E-state index is 13.0. The molecule has 1 aliphatic rings. The topological polar surface area (TPSA) is 78.1 Å². The van der Waals surface area contributed by atoms with E-state index in [1.54, 1.807) is 30.2 Å². The lowest BCUT2D eigenvalue weighted by Gasteiger charge is -2.27. The predicted octanol–water partition coefficient (Wildman–Crippen LogP) is 2.00. The number of hydrogen-bond acceptors (Lipinski definition) is 6. The molecule has 4 rings (SSSR count). The van der Waals surface area contributed by atoms with Crippen LogP contribution in [0.4, 0.5) is 13.2 Å². The third kappa shape index (κ3) is 3.86. The fourth-order valence-corrected chi connectivity index (χ4v) is 3.19. The van der Waals surface area contributed by atoms with E-state index in [0.29, 0.717) is 18.0 Å². The fraction of sp³-hybridized carbons (Fsp3) is 0.333. The van der Waals surface area contributed by atoms with E-state index >= 15 is 0 Å². The summed E-state index contributed by atoms with van der Waals surface area (Å²) in [7, 11) is 1.57. The van der Waals surface area contributed by atoms with Crippen LogP contribution < -0.4 is 10.3 Å². The van der Waals surface area contributed by atoms with E-state index in [0.717, 1.165) is 10.1 Å². The Morgan fingerprint density at radius 1 is 1.07 bits per heavy atom. The largest absolute Gasteiger partial charge is 0.497 e. The Morgan fingerprint density at radius 2 is 1.83 bits per heavy atom. The van der Waals surface area contributed by atoms with Crippen LogP contribution in [0.1, 0.15) is 11.6 Å². The standard InChI is InChI=1S/C18H17F3N6O2/c1-29-13-4-2-12(3-5-13)14-6-7-16(28)27(24-14)11-25-8-9-26-15(10-25)22-23-17(26)18(19,20)21/h2-7H,8-11H2,1H3. The minimum absolute atomic E-state index is 0.0874. The molecule has 29 heavy (non-hydrogen) atoms. The van der Waals surface area contributed by atoms with E-state index in [4.69, 9.17) is 4.74 Å². The molecular formula is C18H17F3N6O2. The second-order valence-electron chi connectivity index (χ2n) is 6.57. The molecule has 0 amide bonds. The van der Waals surface area contributed by atoms with Crippen molar-refractivity contribution in [1.29, 1.82) is 0 Å². The first-order valence-corrected chi connectivity index (χ1v) is 8.79. The molecule has 0 radical (unpaired) electrons. The number of rotatable bonds is 4. The van der Waals surface area contributed by atoms with Gasteiger partial charge in [0.05, 0.1) is 26.0 Å². The van der Waals surface area contributed by atoms with Gasteiger partial charge in [-0.25, -0.2) is 4.68 Å². The summed E-state index contributed by atoms with van der Waals surface area (Å²) < 4.78 is 46.4. The van der Waals surface area contributed by atoms with Gasteiger partial charge in [-0.05, 0) is 30.3 Å². The lowest BCUT2D eigenvalue weighted by Crippen LogP contribution is -2.39. The Balaban J connectivity index is 1.54. The minimum atomic E-state index is -4.54.